The molecule has 4 rings (SSSR count). The summed E-state index contributed by atoms with van der Waals surface area (Å²) in [5.41, 5.74) is 1.10. The van der Waals surface area contributed by atoms with Crippen molar-refractivity contribution in [3.8, 4) is 0 Å². The van der Waals surface area contributed by atoms with Gasteiger partial charge in [-0.05, 0) is 53.6 Å². The number of nitrogens with one attached hydrogen (secondary N) is 1. The molecule has 178 valence electrons. The number of benzene rings is 3. The zero-order valence-electron chi connectivity index (χ0n) is 18.8. The van der Waals surface area contributed by atoms with Crippen molar-refractivity contribution in [2.75, 3.05) is 32.9 Å². The van der Waals surface area contributed by atoms with Crippen molar-refractivity contribution in [1.82, 2.24) is 9.62 Å². The fourth-order valence-corrected chi connectivity index (χ4v) is 5.17. The van der Waals surface area contributed by atoms with Crippen LogP contribution in [0.1, 0.15) is 28.9 Å². The van der Waals surface area contributed by atoms with Gasteiger partial charge in [-0.15, -0.1) is 0 Å². The first-order valence-electron chi connectivity index (χ1n) is 11.0. The molecule has 1 aliphatic heterocycles. The highest BCUT2D eigenvalue weighted by atomic mass is 32.2. The van der Waals surface area contributed by atoms with Crippen LogP contribution in [0.2, 0.25) is 0 Å². The molecule has 34 heavy (non-hydrogen) atoms. The summed E-state index contributed by atoms with van der Waals surface area (Å²) >= 11 is 0. The molecule has 9 heteroatoms. The lowest BCUT2D eigenvalue weighted by atomic mass is 10.0. The van der Waals surface area contributed by atoms with Gasteiger partial charge in [-0.2, -0.15) is 4.31 Å². The lowest BCUT2D eigenvalue weighted by molar-refractivity contribution is -0.124. The maximum atomic E-state index is 12.7. The fraction of sp³-hybridized carbons (Fsp3) is 0.280. The van der Waals surface area contributed by atoms with Gasteiger partial charge >= 0.3 is 5.97 Å². The molecule has 0 aliphatic carbocycles. The van der Waals surface area contributed by atoms with E-state index in [2.05, 4.69) is 5.32 Å². The zero-order chi connectivity index (χ0) is 24.1. The predicted molar refractivity (Wildman–Crippen MR) is 127 cm³/mol. The molecule has 1 unspecified atom stereocenters. The van der Waals surface area contributed by atoms with Crippen LogP contribution in [-0.4, -0.2) is 57.5 Å². The summed E-state index contributed by atoms with van der Waals surface area (Å²) in [6.45, 7) is 2.70. The summed E-state index contributed by atoms with van der Waals surface area (Å²) in [4.78, 5) is 24.7. The highest BCUT2D eigenvalue weighted by molar-refractivity contribution is 7.89. The summed E-state index contributed by atoms with van der Waals surface area (Å²) in [5, 5.41) is 5.01. The summed E-state index contributed by atoms with van der Waals surface area (Å²) in [7, 11) is -3.65. The van der Waals surface area contributed by atoms with Crippen molar-refractivity contribution in [1.29, 1.82) is 0 Å². The van der Waals surface area contributed by atoms with E-state index >= 15 is 0 Å². The smallest absolute Gasteiger partial charge is 0.338 e. The number of carbonyl (C=O) groups is 2. The zero-order valence-corrected chi connectivity index (χ0v) is 19.6. The molecular weight excluding hydrogens is 456 g/mol. The molecule has 1 saturated heterocycles. The largest absolute Gasteiger partial charge is 0.452 e. The number of hydrogen-bond acceptors (Lipinski definition) is 6. The van der Waals surface area contributed by atoms with Gasteiger partial charge in [-0.1, -0.05) is 36.4 Å². The molecule has 0 radical (unpaired) electrons. The van der Waals surface area contributed by atoms with E-state index in [1.807, 2.05) is 49.4 Å². The molecule has 0 saturated carbocycles. The minimum atomic E-state index is -3.65. The van der Waals surface area contributed by atoms with Gasteiger partial charge in [-0.25, -0.2) is 13.2 Å². The summed E-state index contributed by atoms with van der Waals surface area (Å²) in [6.07, 6.45) is 0. The van der Waals surface area contributed by atoms with Crippen molar-refractivity contribution in [3.63, 3.8) is 0 Å². The average molecular weight is 483 g/mol. The lowest BCUT2D eigenvalue weighted by Gasteiger charge is -2.26. The number of esters is 1. The number of rotatable bonds is 7. The summed E-state index contributed by atoms with van der Waals surface area (Å²) in [6, 6.07) is 19.1. The number of fused-ring (bicyclic) bond motifs is 1. The van der Waals surface area contributed by atoms with Crippen LogP contribution in [0.15, 0.2) is 71.6 Å². The van der Waals surface area contributed by atoms with Gasteiger partial charge in [0.25, 0.3) is 5.91 Å². The van der Waals surface area contributed by atoms with E-state index in [0.29, 0.717) is 26.3 Å². The number of hydrogen-bond donors (Lipinski definition) is 1. The minimum Gasteiger partial charge on any atom is -0.452 e. The fourth-order valence-electron chi connectivity index (χ4n) is 3.76. The topological polar surface area (TPSA) is 102 Å². The molecule has 1 amide bonds. The summed E-state index contributed by atoms with van der Waals surface area (Å²) < 4.78 is 37.0. The second-order valence-corrected chi connectivity index (χ2v) is 9.95. The first-order valence-corrected chi connectivity index (χ1v) is 12.4. The Morgan fingerprint density at radius 1 is 1.00 bits per heavy atom. The third-order valence-electron chi connectivity index (χ3n) is 5.68. The Kier molecular flexibility index (Phi) is 7.26. The van der Waals surface area contributed by atoms with Crippen molar-refractivity contribution < 1.29 is 27.5 Å². The van der Waals surface area contributed by atoms with Gasteiger partial charge in [0.15, 0.2) is 6.61 Å². The van der Waals surface area contributed by atoms with Crippen LogP contribution in [0, 0.1) is 0 Å². The Morgan fingerprint density at radius 3 is 2.38 bits per heavy atom. The Morgan fingerprint density at radius 2 is 1.68 bits per heavy atom. The predicted octanol–water partition coefficient (Wildman–Crippen LogP) is 2.89. The minimum absolute atomic E-state index is 0.0907. The lowest BCUT2D eigenvalue weighted by Crippen LogP contribution is -2.40. The number of carbonyl (C=O) groups excluding carboxylic acids is 2. The quantitative estimate of drug-likeness (QED) is 0.520. The van der Waals surface area contributed by atoms with Gasteiger partial charge in [0.2, 0.25) is 10.0 Å². The Labute approximate surface area is 198 Å². The molecule has 1 atom stereocenters. The normalized spacial score (nSPS) is 15.6. The van der Waals surface area contributed by atoms with E-state index < -0.39 is 28.5 Å². The molecular formula is C25H26N2O6S. The molecule has 1 heterocycles. The van der Waals surface area contributed by atoms with E-state index in [1.165, 1.54) is 28.6 Å². The highest BCUT2D eigenvalue weighted by Gasteiger charge is 2.26. The number of nitrogens with zero attached hydrogens (tertiary/aromatic N) is 1. The molecule has 0 aromatic heterocycles. The van der Waals surface area contributed by atoms with Gasteiger partial charge < -0.3 is 14.8 Å². The molecule has 1 aliphatic rings. The van der Waals surface area contributed by atoms with Crippen molar-refractivity contribution >= 4 is 32.7 Å². The van der Waals surface area contributed by atoms with Crippen molar-refractivity contribution in [2.45, 2.75) is 17.9 Å². The first kappa shape index (κ1) is 23.9. The van der Waals surface area contributed by atoms with Gasteiger partial charge in [0.05, 0.1) is 29.7 Å². The van der Waals surface area contributed by atoms with Gasteiger partial charge in [0, 0.05) is 13.1 Å². The first-order chi connectivity index (χ1) is 16.3. The third kappa shape index (κ3) is 5.44. The molecule has 3 aromatic carbocycles. The van der Waals surface area contributed by atoms with E-state index in [1.54, 1.807) is 0 Å². The number of sulfonamides is 1. The molecule has 1 N–H and O–H groups in total. The van der Waals surface area contributed by atoms with Crippen LogP contribution in [0.5, 0.6) is 0 Å². The standard InChI is InChI=1S/C25H26N2O6S/c1-18(21-7-6-19-4-2-3-5-22(19)16-21)26-24(28)17-33-25(29)20-8-10-23(11-9-20)34(30,31)27-12-14-32-15-13-27/h2-11,16,18H,12-15,17H2,1H3,(H,26,28). The molecule has 0 spiro atoms. The monoisotopic (exact) mass is 482 g/mol. The number of amides is 1. The average Bonchev–Trinajstić information content (AvgIpc) is 2.87. The maximum Gasteiger partial charge on any atom is 0.338 e. The van der Waals surface area contributed by atoms with Crippen LogP contribution in [0.25, 0.3) is 10.8 Å². The Balaban J connectivity index is 1.31. The van der Waals surface area contributed by atoms with Crippen LogP contribution in [-0.2, 0) is 24.3 Å². The highest BCUT2D eigenvalue weighted by Crippen LogP contribution is 2.21. The Bertz CT molecular complexity index is 1280. The van der Waals surface area contributed by atoms with Gasteiger partial charge in [0.1, 0.15) is 0 Å². The van der Waals surface area contributed by atoms with Crippen LogP contribution in [0.4, 0.5) is 0 Å². The van der Waals surface area contributed by atoms with Crippen molar-refractivity contribution in [3.05, 3.63) is 77.9 Å². The van der Waals surface area contributed by atoms with Crippen LogP contribution in [0.3, 0.4) is 0 Å². The third-order valence-corrected chi connectivity index (χ3v) is 7.60. The SMILES string of the molecule is CC(NC(=O)COC(=O)c1ccc(S(=O)(=O)N2CCOCC2)cc1)c1ccc2ccccc2c1. The molecule has 3 aromatic rings. The van der Waals surface area contributed by atoms with E-state index in [4.69, 9.17) is 9.47 Å². The maximum absolute atomic E-state index is 12.7. The second kappa shape index (κ2) is 10.3. The van der Waals surface area contributed by atoms with Gasteiger partial charge in [-0.3, -0.25) is 4.79 Å². The molecule has 0 bridgehead atoms. The van der Waals surface area contributed by atoms with E-state index in [9.17, 15) is 18.0 Å². The Hall–Kier alpha value is -3.27. The van der Waals surface area contributed by atoms with Crippen molar-refractivity contribution in [2.24, 2.45) is 0 Å². The second-order valence-electron chi connectivity index (χ2n) is 8.01. The number of ether oxygens (including phenoxy) is 2. The van der Waals surface area contributed by atoms with Crippen LogP contribution >= 0.6 is 0 Å². The number of morpholine rings is 1. The van der Waals surface area contributed by atoms with E-state index in [-0.39, 0.29) is 16.5 Å². The molecule has 1 fully saturated rings. The molecule has 8 nitrogen and oxygen atoms in total. The summed E-state index contributed by atoms with van der Waals surface area (Å²) in [5.74, 6) is -1.13. The van der Waals surface area contributed by atoms with E-state index in [0.717, 1.165) is 16.3 Å². The van der Waals surface area contributed by atoms with Crippen LogP contribution < -0.4 is 5.32 Å².